The van der Waals surface area contributed by atoms with Crippen LogP contribution in [-0.4, -0.2) is 18.9 Å². The van der Waals surface area contributed by atoms with Gasteiger partial charge in [-0.05, 0) is 79.0 Å². The van der Waals surface area contributed by atoms with Gasteiger partial charge in [-0.25, -0.2) is 9.68 Å². The number of azide groups is 1. The van der Waals surface area contributed by atoms with Crippen molar-refractivity contribution in [1.82, 2.24) is 0 Å². The van der Waals surface area contributed by atoms with Gasteiger partial charge in [0, 0.05) is 23.3 Å². The van der Waals surface area contributed by atoms with Crippen LogP contribution in [0.5, 0.6) is 5.75 Å². The normalized spacial score (nSPS) is 33.6. The van der Waals surface area contributed by atoms with Crippen LogP contribution in [-0.2, 0) is 31.6 Å². The fourth-order valence-electron chi connectivity index (χ4n) is 7.11. The molecule has 1 atom stereocenters. The van der Waals surface area contributed by atoms with Crippen molar-refractivity contribution < 1.29 is 28.8 Å². The second-order valence-electron chi connectivity index (χ2n) is 10.2. The standard InChI is InChI=1S/C26H26ClN3O6/c1-32-26(25(35-36-26)19-9-16-8-17(11-19)12-20(25)10-16)18-4-7-22(27)23(13-18)34-24(31)33-14-15-2-5-21(6-3-15)29-30-28/h2-7,13,16-17,19-20H,8-12,14H2,1H3. The quantitative estimate of drug-likeness (QED) is 0.103. The first-order valence-corrected chi connectivity index (χ1v) is 12.6. The molecule has 7 rings (SSSR count). The average Bonchev–Trinajstić information content (AvgIpc) is 2.85. The van der Waals surface area contributed by atoms with Crippen molar-refractivity contribution in [2.24, 2.45) is 28.8 Å². The molecule has 9 nitrogen and oxygen atoms in total. The van der Waals surface area contributed by atoms with Gasteiger partial charge in [0.15, 0.2) is 11.4 Å². The van der Waals surface area contributed by atoms with Gasteiger partial charge < -0.3 is 14.2 Å². The predicted molar refractivity (Wildman–Crippen MR) is 128 cm³/mol. The highest BCUT2D eigenvalue weighted by Gasteiger charge is 2.76. The highest BCUT2D eigenvalue weighted by molar-refractivity contribution is 6.32. The maximum atomic E-state index is 12.5. The van der Waals surface area contributed by atoms with Crippen molar-refractivity contribution in [3.63, 3.8) is 0 Å². The van der Waals surface area contributed by atoms with E-state index in [1.54, 1.807) is 43.5 Å². The number of hydrogen-bond donors (Lipinski definition) is 0. The molecule has 2 aromatic carbocycles. The molecule has 5 aliphatic rings. The molecular formula is C26H26ClN3O6. The van der Waals surface area contributed by atoms with E-state index in [0.717, 1.165) is 37.5 Å². The molecule has 0 aromatic heterocycles. The average molecular weight is 512 g/mol. The molecule has 1 aliphatic heterocycles. The first-order valence-electron chi connectivity index (χ1n) is 12.2. The van der Waals surface area contributed by atoms with E-state index in [1.165, 1.54) is 6.42 Å². The van der Waals surface area contributed by atoms with Gasteiger partial charge in [-0.1, -0.05) is 47.0 Å². The molecule has 0 radical (unpaired) electrons. The lowest BCUT2D eigenvalue weighted by Gasteiger charge is -2.68. The Morgan fingerprint density at radius 3 is 2.36 bits per heavy atom. The van der Waals surface area contributed by atoms with Crippen molar-refractivity contribution in [3.8, 4) is 5.75 Å². The summed E-state index contributed by atoms with van der Waals surface area (Å²) in [6.45, 7) is -0.0134. The molecule has 188 valence electrons. The SMILES string of the molecule is COC1(c2ccc(Cl)c(OC(=O)OCc3ccc(N=[N+]=[N-])cc3)c2)OOC12C1CC3CC(C1)CC2C3. The van der Waals surface area contributed by atoms with Gasteiger partial charge in [-0.3, -0.25) is 0 Å². The molecule has 10 heteroatoms. The lowest BCUT2D eigenvalue weighted by Crippen LogP contribution is -2.76. The van der Waals surface area contributed by atoms with E-state index in [0.29, 0.717) is 28.7 Å². The zero-order chi connectivity index (χ0) is 24.9. The highest BCUT2D eigenvalue weighted by Crippen LogP contribution is 2.69. The number of methoxy groups -OCH3 is 1. The first-order chi connectivity index (χ1) is 17.5. The van der Waals surface area contributed by atoms with Crippen molar-refractivity contribution >= 4 is 23.4 Å². The van der Waals surface area contributed by atoms with Crippen LogP contribution in [0, 0.1) is 23.7 Å². The zero-order valence-electron chi connectivity index (χ0n) is 19.8. The first kappa shape index (κ1) is 23.6. The number of benzene rings is 2. The van der Waals surface area contributed by atoms with E-state index in [-0.39, 0.29) is 17.4 Å². The Kier molecular flexibility index (Phi) is 5.85. The summed E-state index contributed by atoms with van der Waals surface area (Å²) in [5.41, 5.74) is 9.83. The molecule has 1 unspecified atom stereocenters. The molecule has 2 aromatic rings. The predicted octanol–water partition coefficient (Wildman–Crippen LogP) is 6.95. The summed E-state index contributed by atoms with van der Waals surface area (Å²) < 4.78 is 16.8. The number of hydrogen-bond acceptors (Lipinski definition) is 7. The molecule has 4 saturated carbocycles. The molecule has 5 fully saturated rings. The zero-order valence-corrected chi connectivity index (χ0v) is 20.5. The van der Waals surface area contributed by atoms with E-state index in [4.69, 9.17) is 41.1 Å². The maximum Gasteiger partial charge on any atom is 0.514 e. The van der Waals surface area contributed by atoms with Gasteiger partial charge in [0.2, 0.25) is 0 Å². The van der Waals surface area contributed by atoms with Crippen molar-refractivity contribution in [2.45, 2.75) is 50.1 Å². The summed E-state index contributed by atoms with van der Waals surface area (Å²) in [5.74, 6) is 1.30. The Morgan fingerprint density at radius 1 is 1.08 bits per heavy atom. The minimum Gasteiger partial charge on any atom is -0.429 e. The second-order valence-corrected chi connectivity index (χ2v) is 10.6. The number of rotatable bonds is 6. The monoisotopic (exact) mass is 511 g/mol. The van der Waals surface area contributed by atoms with E-state index in [9.17, 15) is 4.79 Å². The Hall–Kier alpha value is -2.81. The van der Waals surface area contributed by atoms with Crippen LogP contribution in [0.3, 0.4) is 0 Å². The topological polar surface area (TPSA) is 112 Å². The summed E-state index contributed by atoms with van der Waals surface area (Å²) >= 11 is 6.37. The van der Waals surface area contributed by atoms with Crippen LogP contribution in [0.25, 0.3) is 10.4 Å². The van der Waals surface area contributed by atoms with Crippen LogP contribution in [0.4, 0.5) is 10.5 Å². The summed E-state index contributed by atoms with van der Waals surface area (Å²) in [5, 5.41) is 3.78. The van der Waals surface area contributed by atoms with Gasteiger partial charge in [0.25, 0.3) is 5.79 Å². The van der Waals surface area contributed by atoms with Gasteiger partial charge in [-0.2, -0.15) is 4.89 Å². The summed E-state index contributed by atoms with van der Waals surface area (Å²) in [6.07, 6.45) is 4.91. The second kappa shape index (κ2) is 8.94. The molecular weight excluding hydrogens is 486 g/mol. The van der Waals surface area contributed by atoms with E-state index >= 15 is 0 Å². The molecule has 4 bridgehead atoms. The smallest absolute Gasteiger partial charge is 0.429 e. The van der Waals surface area contributed by atoms with Crippen molar-refractivity contribution in [2.75, 3.05) is 7.11 Å². The summed E-state index contributed by atoms with van der Waals surface area (Å²) in [7, 11) is 1.63. The molecule has 1 saturated heterocycles. The lowest BCUT2D eigenvalue weighted by atomic mass is 9.47. The number of halogens is 1. The highest BCUT2D eigenvalue weighted by atomic mass is 35.5. The number of nitrogens with zero attached hydrogens (tertiary/aromatic N) is 3. The molecule has 0 amide bonds. The minimum absolute atomic E-state index is 0.0134. The number of ether oxygens (including phenoxy) is 3. The largest absolute Gasteiger partial charge is 0.514 e. The Bertz CT molecular complexity index is 1200. The summed E-state index contributed by atoms with van der Waals surface area (Å²) in [6, 6.07) is 11.9. The Balaban J connectivity index is 1.20. The van der Waals surface area contributed by atoms with Gasteiger partial charge >= 0.3 is 6.16 Å². The van der Waals surface area contributed by atoms with Crippen LogP contribution < -0.4 is 4.74 Å². The maximum absolute atomic E-state index is 12.5. The molecule has 4 aliphatic carbocycles. The molecule has 1 spiro atoms. The third-order valence-corrected chi connectivity index (χ3v) is 8.72. The van der Waals surface area contributed by atoms with Gasteiger partial charge in [-0.15, -0.1) is 0 Å². The third-order valence-electron chi connectivity index (χ3n) is 8.41. The molecule has 36 heavy (non-hydrogen) atoms. The van der Waals surface area contributed by atoms with E-state index < -0.39 is 17.5 Å². The van der Waals surface area contributed by atoms with E-state index in [1.807, 2.05) is 6.07 Å². The van der Waals surface area contributed by atoms with Crippen LogP contribution in [0.2, 0.25) is 5.02 Å². The van der Waals surface area contributed by atoms with Crippen molar-refractivity contribution in [1.29, 1.82) is 0 Å². The van der Waals surface area contributed by atoms with Crippen LogP contribution in [0.15, 0.2) is 47.6 Å². The van der Waals surface area contributed by atoms with E-state index in [2.05, 4.69) is 10.0 Å². The van der Waals surface area contributed by atoms with Gasteiger partial charge in [0.05, 0.1) is 5.02 Å². The fourth-order valence-corrected chi connectivity index (χ4v) is 7.27. The molecule has 0 N–H and O–H groups in total. The van der Waals surface area contributed by atoms with Gasteiger partial charge in [0.1, 0.15) is 6.61 Å². The lowest BCUT2D eigenvalue weighted by molar-refractivity contribution is -0.645. The van der Waals surface area contributed by atoms with Crippen molar-refractivity contribution in [3.05, 3.63) is 69.1 Å². The summed E-state index contributed by atoms with van der Waals surface area (Å²) in [4.78, 5) is 27.0. The molecule has 1 heterocycles. The van der Waals surface area contributed by atoms with Crippen LogP contribution in [0.1, 0.15) is 43.2 Å². The minimum atomic E-state index is -1.09. The van der Waals surface area contributed by atoms with Crippen LogP contribution >= 0.6 is 11.6 Å². The third kappa shape index (κ3) is 3.57. The Labute approximate surface area is 213 Å². The number of carbonyl (C=O) groups excluding carboxylic acids is 1. The fraction of sp³-hybridized carbons (Fsp3) is 0.500. The number of carbonyl (C=O) groups is 1. The Morgan fingerprint density at radius 2 is 1.78 bits per heavy atom.